The highest BCUT2D eigenvalue weighted by Gasteiger charge is 2.21. The van der Waals surface area contributed by atoms with Gasteiger partial charge in [0.15, 0.2) is 0 Å². The number of ether oxygens (including phenoxy) is 1. The zero-order chi connectivity index (χ0) is 12.4. The van der Waals surface area contributed by atoms with E-state index in [-0.39, 0.29) is 5.44 Å². The van der Waals surface area contributed by atoms with Crippen LogP contribution in [0.2, 0.25) is 5.02 Å². The molecule has 1 aromatic heterocycles. The van der Waals surface area contributed by atoms with Crippen LogP contribution in [0.4, 0.5) is 0 Å². The summed E-state index contributed by atoms with van der Waals surface area (Å²) in [6, 6.07) is 7.76. The van der Waals surface area contributed by atoms with E-state index in [9.17, 15) is 0 Å². The minimum absolute atomic E-state index is 0.0324. The Bertz CT molecular complexity index is 540. The van der Waals surface area contributed by atoms with E-state index in [1.807, 2.05) is 30.5 Å². The summed E-state index contributed by atoms with van der Waals surface area (Å²) in [5.74, 6) is 1.02. The van der Waals surface area contributed by atoms with Crippen LogP contribution in [-0.2, 0) is 11.3 Å². The molecule has 4 nitrogen and oxygen atoms in total. The van der Waals surface area contributed by atoms with Gasteiger partial charge in [0.05, 0.1) is 19.3 Å². The van der Waals surface area contributed by atoms with Gasteiger partial charge in [-0.05, 0) is 11.6 Å². The van der Waals surface area contributed by atoms with E-state index in [2.05, 4.69) is 10.3 Å². The molecule has 0 radical (unpaired) electrons. The summed E-state index contributed by atoms with van der Waals surface area (Å²) >= 11 is 7.87. The van der Waals surface area contributed by atoms with Crippen LogP contribution in [0, 0.1) is 0 Å². The fourth-order valence-corrected chi connectivity index (χ4v) is 2.90. The lowest BCUT2D eigenvalue weighted by molar-refractivity contribution is 0.142. The zero-order valence-corrected chi connectivity index (χ0v) is 11.2. The van der Waals surface area contributed by atoms with Crippen molar-refractivity contribution in [2.24, 2.45) is 0 Å². The molecule has 2 aromatic rings. The van der Waals surface area contributed by atoms with Gasteiger partial charge in [0.2, 0.25) is 0 Å². The van der Waals surface area contributed by atoms with Gasteiger partial charge >= 0.3 is 0 Å². The van der Waals surface area contributed by atoms with Gasteiger partial charge in [-0.15, -0.1) is 16.9 Å². The van der Waals surface area contributed by atoms with Crippen molar-refractivity contribution in [3.05, 3.63) is 46.7 Å². The highest BCUT2D eigenvalue weighted by Crippen LogP contribution is 2.33. The minimum atomic E-state index is 0.0324. The van der Waals surface area contributed by atoms with Gasteiger partial charge in [-0.3, -0.25) is 0 Å². The van der Waals surface area contributed by atoms with Crippen LogP contribution in [0.15, 0.2) is 30.5 Å². The molecule has 1 saturated heterocycles. The molecule has 0 aliphatic carbocycles. The van der Waals surface area contributed by atoms with Crippen LogP contribution in [-0.4, -0.2) is 27.4 Å². The first-order valence-electron chi connectivity index (χ1n) is 5.69. The summed E-state index contributed by atoms with van der Waals surface area (Å²) in [6.07, 6.45) is 1.92. The van der Waals surface area contributed by atoms with Crippen LogP contribution in [0.1, 0.15) is 16.7 Å². The Morgan fingerprint density at radius 2 is 2.33 bits per heavy atom. The molecule has 94 valence electrons. The molecule has 0 spiro atoms. The Kier molecular flexibility index (Phi) is 3.54. The second kappa shape index (κ2) is 5.30. The lowest BCUT2D eigenvalue weighted by Gasteiger charge is -2.04. The monoisotopic (exact) mass is 281 g/mol. The molecule has 0 saturated carbocycles. The Morgan fingerprint density at radius 3 is 3.11 bits per heavy atom. The average Bonchev–Trinajstić information content (AvgIpc) is 3.02. The molecule has 6 heteroatoms. The van der Waals surface area contributed by atoms with Crippen molar-refractivity contribution in [1.29, 1.82) is 0 Å². The lowest BCUT2D eigenvalue weighted by Crippen LogP contribution is -2.00. The van der Waals surface area contributed by atoms with Gasteiger partial charge in [-0.2, -0.15) is 0 Å². The maximum atomic E-state index is 6.12. The third kappa shape index (κ3) is 2.53. The quantitative estimate of drug-likeness (QED) is 0.867. The van der Waals surface area contributed by atoms with Gasteiger partial charge < -0.3 is 4.74 Å². The molecule has 1 aliphatic heterocycles. The first kappa shape index (κ1) is 12.0. The molecule has 0 bridgehead atoms. The second-order valence-corrected chi connectivity index (χ2v) is 5.58. The average molecular weight is 282 g/mol. The summed E-state index contributed by atoms with van der Waals surface area (Å²) in [5.41, 5.74) is 1.95. The molecule has 1 aliphatic rings. The van der Waals surface area contributed by atoms with Crippen molar-refractivity contribution in [3.8, 4) is 0 Å². The Balaban J connectivity index is 1.75. The molecule has 1 atom stereocenters. The number of hydrogen-bond donors (Lipinski definition) is 0. The van der Waals surface area contributed by atoms with E-state index in [0.717, 1.165) is 28.6 Å². The number of hydrogen-bond acceptors (Lipinski definition) is 4. The number of nitrogens with zero attached hydrogens (tertiary/aromatic N) is 3. The standard InChI is InChI=1S/C12H12ClN3OS/c13-10-4-2-1-3-9(10)7-16-8-11(14-15-16)12-17-5-6-18-12/h1-4,8,12H,5-7H2/t12-/m1/s1. The summed E-state index contributed by atoms with van der Waals surface area (Å²) in [6.45, 7) is 1.41. The van der Waals surface area contributed by atoms with Crippen LogP contribution >= 0.6 is 23.4 Å². The van der Waals surface area contributed by atoms with Gasteiger partial charge in [0, 0.05) is 10.8 Å². The lowest BCUT2D eigenvalue weighted by atomic mass is 10.2. The van der Waals surface area contributed by atoms with Crippen molar-refractivity contribution in [2.75, 3.05) is 12.4 Å². The van der Waals surface area contributed by atoms with Gasteiger partial charge in [-0.25, -0.2) is 4.68 Å². The Hall–Kier alpha value is -1.04. The number of rotatable bonds is 3. The SMILES string of the molecule is Clc1ccccc1Cn1cc([C@@H]2OCCS2)nn1. The van der Waals surface area contributed by atoms with Crippen molar-refractivity contribution in [1.82, 2.24) is 15.0 Å². The zero-order valence-electron chi connectivity index (χ0n) is 9.62. The van der Waals surface area contributed by atoms with Gasteiger partial charge in [0.1, 0.15) is 11.1 Å². The van der Waals surface area contributed by atoms with E-state index in [4.69, 9.17) is 16.3 Å². The molecule has 1 aromatic carbocycles. The highest BCUT2D eigenvalue weighted by molar-refractivity contribution is 7.99. The van der Waals surface area contributed by atoms with Crippen LogP contribution in [0.5, 0.6) is 0 Å². The minimum Gasteiger partial charge on any atom is -0.360 e. The smallest absolute Gasteiger partial charge is 0.148 e. The molecule has 0 N–H and O–H groups in total. The molecule has 0 amide bonds. The molecule has 2 heterocycles. The maximum Gasteiger partial charge on any atom is 0.148 e. The van der Waals surface area contributed by atoms with Crippen LogP contribution < -0.4 is 0 Å². The summed E-state index contributed by atoms with van der Waals surface area (Å²) in [7, 11) is 0. The fraction of sp³-hybridized carbons (Fsp3) is 0.333. The van der Waals surface area contributed by atoms with E-state index in [1.165, 1.54) is 0 Å². The number of thioether (sulfide) groups is 1. The maximum absolute atomic E-state index is 6.12. The normalized spacial score (nSPS) is 19.3. The topological polar surface area (TPSA) is 39.9 Å². The molecule has 3 rings (SSSR count). The molecular formula is C12H12ClN3OS. The largest absolute Gasteiger partial charge is 0.360 e. The Morgan fingerprint density at radius 1 is 1.44 bits per heavy atom. The first-order valence-corrected chi connectivity index (χ1v) is 7.12. The van der Waals surface area contributed by atoms with Crippen molar-refractivity contribution >= 4 is 23.4 Å². The summed E-state index contributed by atoms with van der Waals surface area (Å²) < 4.78 is 7.34. The van der Waals surface area contributed by atoms with E-state index in [0.29, 0.717) is 6.54 Å². The number of aromatic nitrogens is 3. The van der Waals surface area contributed by atoms with E-state index < -0.39 is 0 Å². The fourth-order valence-electron chi connectivity index (χ4n) is 1.83. The van der Waals surface area contributed by atoms with Crippen LogP contribution in [0.3, 0.4) is 0 Å². The second-order valence-electron chi connectivity index (χ2n) is 4.01. The van der Waals surface area contributed by atoms with Gasteiger partial charge in [-0.1, -0.05) is 35.0 Å². The summed E-state index contributed by atoms with van der Waals surface area (Å²) in [5, 5.41) is 9.01. The van der Waals surface area contributed by atoms with E-state index in [1.54, 1.807) is 16.4 Å². The molecule has 0 unspecified atom stereocenters. The highest BCUT2D eigenvalue weighted by atomic mass is 35.5. The van der Waals surface area contributed by atoms with Crippen molar-refractivity contribution in [2.45, 2.75) is 12.0 Å². The predicted molar refractivity (Wildman–Crippen MR) is 71.7 cm³/mol. The van der Waals surface area contributed by atoms with Crippen molar-refractivity contribution < 1.29 is 4.74 Å². The molecule has 18 heavy (non-hydrogen) atoms. The molecular weight excluding hydrogens is 270 g/mol. The van der Waals surface area contributed by atoms with Crippen molar-refractivity contribution in [3.63, 3.8) is 0 Å². The Labute approximate surface area is 114 Å². The van der Waals surface area contributed by atoms with Gasteiger partial charge in [0.25, 0.3) is 0 Å². The van der Waals surface area contributed by atoms with E-state index >= 15 is 0 Å². The number of halogens is 1. The number of benzene rings is 1. The van der Waals surface area contributed by atoms with Crippen LogP contribution in [0.25, 0.3) is 0 Å². The predicted octanol–water partition coefficient (Wildman–Crippen LogP) is 2.74. The summed E-state index contributed by atoms with van der Waals surface area (Å²) in [4.78, 5) is 0. The molecule has 1 fully saturated rings. The third-order valence-corrected chi connectivity index (χ3v) is 4.16. The first-order chi connectivity index (χ1) is 8.83. The third-order valence-electron chi connectivity index (χ3n) is 2.71.